The highest BCUT2D eigenvalue weighted by Gasteiger charge is 2.16. The molecule has 1 N–H and O–H groups in total. The third-order valence-electron chi connectivity index (χ3n) is 2.02. The van der Waals surface area contributed by atoms with Crippen LogP contribution >= 0.6 is 24.4 Å². The van der Waals surface area contributed by atoms with E-state index in [1.165, 1.54) is 12.2 Å². The van der Waals surface area contributed by atoms with E-state index in [0.717, 1.165) is 18.8 Å². The van der Waals surface area contributed by atoms with Gasteiger partial charge in [-0.3, -0.25) is 0 Å². The second kappa shape index (κ2) is 16.3. The van der Waals surface area contributed by atoms with Gasteiger partial charge in [0, 0.05) is 17.9 Å². The molecule has 0 aliphatic carbocycles. The molecule has 1 saturated heterocycles. The van der Waals surface area contributed by atoms with Crippen LogP contribution in [0.25, 0.3) is 0 Å². The average Bonchev–Trinajstić information content (AvgIpc) is 2.82. The average molecular weight is 311 g/mol. The highest BCUT2D eigenvalue weighted by atomic mass is 32.2. The molecule has 19 heavy (non-hydrogen) atoms. The molecule has 0 radical (unpaired) electrons. The Bertz CT molecular complexity index is 180. The van der Waals surface area contributed by atoms with Crippen LogP contribution in [0.1, 0.15) is 40.5 Å². The summed E-state index contributed by atoms with van der Waals surface area (Å²) in [6, 6.07) is 0. The number of hydrogen-bond donors (Lipinski definition) is 2. The first kappa shape index (κ1) is 21.6. The van der Waals surface area contributed by atoms with E-state index < -0.39 is 0 Å². The van der Waals surface area contributed by atoms with Crippen molar-refractivity contribution in [2.24, 2.45) is 11.8 Å². The second-order valence-corrected chi connectivity index (χ2v) is 6.76. The fourth-order valence-corrected chi connectivity index (χ4v) is 2.29. The second-order valence-electron chi connectivity index (χ2n) is 5.04. The van der Waals surface area contributed by atoms with Gasteiger partial charge in [-0.1, -0.05) is 27.7 Å². The summed E-state index contributed by atoms with van der Waals surface area (Å²) in [5.41, 5.74) is 0.505. The van der Waals surface area contributed by atoms with Gasteiger partial charge in [0.1, 0.15) is 11.7 Å². The molecule has 0 aromatic rings. The molecule has 0 aromatic heterocycles. The molecule has 116 valence electrons. The molecule has 5 heteroatoms. The van der Waals surface area contributed by atoms with Crippen molar-refractivity contribution in [3.05, 3.63) is 0 Å². The van der Waals surface area contributed by atoms with Crippen molar-refractivity contribution in [1.29, 1.82) is 0 Å². The molecule has 3 nitrogen and oxygen atoms in total. The number of thiol groups is 1. The Hall–Kier alpha value is 0.290. The summed E-state index contributed by atoms with van der Waals surface area (Å²) in [5, 5.41) is 7.80. The van der Waals surface area contributed by atoms with Crippen LogP contribution in [0.3, 0.4) is 0 Å². The lowest BCUT2D eigenvalue weighted by Gasteiger charge is -2.09. The largest absolute Gasteiger partial charge is 0.396 e. The summed E-state index contributed by atoms with van der Waals surface area (Å²) < 4.78 is 5.43. The number of aldehydes is 1. The van der Waals surface area contributed by atoms with Crippen molar-refractivity contribution in [2.75, 3.05) is 24.7 Å². The number of hydrogen-bond acceptors (Lipinski definition) is 5. The molecule has 1 aliphatic heterocycles. The van der Waals surface area contributed by atoms with Crippen LogP contribution in [0, 0.1) is 11.8 Å². The number of thioether (sulfide) groups is 1. The fraction of sp³-hybridized carbons (Fsp3) is 0.929. The fourth-order valence-electron chi connectivity index (χ4n) is 1.12. The smallest absolute Gasteiger partial charge is 0.120 e. The van der Waals surface area contributed by atoms with Crippen LogP contribution in [0.4, 0.5) is 0 Å². The SMILES string of the molecule is CC(C)CC1OCCS1.CC(C)CC=O.OCCS. The molecule has 1 unspecified atom stereocenters. The Morgan fingerprint density at radius 1 is 1.37 bits per heavy atom. The molecule has 0 aromatic carbocycles. The third kappa shape index (κ3) is 20.8. The van der Waals surface area contributed by atoms with Crippen molar-refractivity contribution in [2.45, 2.75) is 46.0 Å². The Morgan fingerprint density at radius 2 is 1.95 bits per heavy atom. The molecule has 1 aliphatic rings. The van der Waals surface area contributed by atoms with Gasteiger partial charge in [-0.05, 0) is 18.3 Å². The molecule has 1 fully saturated rings. The predicted molar refractivity (Wildman–Crippen MR) is 88.1 cm³/mol. The van der Waals surface area contributed by atoms with Gasteiger partial charge < -0.3 is 14.6 Å². The lowest BCUT2D eigenvalue weighted by molar-refractivity contribution is -0.108. The number of aliphatic hydroxyl groups is 1. The van der Waals surface area contributed by atoms with E-state index in [-0.39, 0.29) is 6.61 Å². The predicted octanol–water partition coefficient (Wildman–Crippen LogP) is 3.26. The van der Waals surface area contributed by atoms with Crippen LogP contribution in [-0.4, -0.2) is 41.5 Å². The van der Waals surface area contributed by atoms with E-state index in [1.54, 1.807) is 0 Å². The highest BCUT2D eigenvalue weighted by Crippen LogP contribution is 2.25. The van der Waals surface area contributed by atoms with Gasteiger partial charge in [-0.2, -0.15) is 12.6 Å². The normalized spacial score (nSPS) is 17.6. The maximum Gasteiger partial charge on any atom is 0.120 e. The highest BCUT2D eigenvalue weighted by molar-refractivity contribution is 7.99. The third-order valence-corrected chi connectivity index (χ3v) is 3.32. The van der Waals surface area contributed by atoms with Crippen LogP contribution in [-0.2, 0) is 9.53 Å². The molecular formula is C14H30O3S2. The van der Waals surface area contributed by atoms with Crippen LogP contribution < -0.4 is 0 Å². The first-order valence-corrected chi connectivity index (χ1v) is 8.54. The lowest BCUT2D eigenvalue weighted by atomic mass is 10.1. The minimum absolute atomic E-state index is 0.184. The zero-order chi connectivity index (χ0) is 15.1. The first-order valence-electron chi connectivity index (χ1n) is 6.86. The monoisotopic (exact) mass is 310 g/mol. The van der Waals surface area contributed by atoms with E-state index in [2.05, 4.69) is 26.5 Å². The standard InChI is InChI=1S/C7H14OS.C5H10O.C2H6OS/c1-6(2)5-7-8-3-4-9-7;1-5(2)3-4-6;3-1-2-4/h6-7H,3-5H2,1-2H3;4-5H,3H2,1-2H3;3-4H,1-2H2. The van der Waals surface area contributed by atoms with Crippen LogP contribution in [0.15, 0.2) is 0 Å². The summed E-state index contributed by atoms with van der Waals surface area (Å²) in [6.45, 7) is 9.67. The van der Waals surface area contributed by atoms with Crippen molar-refractivity contribution in [3.8, 4) is 0 Å². The van der Waals surface area contributed by atoms with Gasteiger partial charge in [0.25, 0.3) is 0 Å². The van der Waals surface area contributed by atoms with Crippen molar-refractivity contribution >= 4 is 30.7 Å². The lowest BCUT2D eigenvalue weighted by Crippen LogP contribution is -2.04. The molecular weight excluding hydrogens is 280 g/mol. The number of ether oxygens (including phenoxy) is 1. The zero-order valence-electron chi connectivity index (χ0n) is 12.7. The van der Waals surface area contributed by atoms with E-state index in [9.17, 15) is 4.79 Å². The van der Waals surface area contributed by atoms with Crippen molar-refractivity contribution in [1.82, 2.24) is 0 Å². The van der Waals surface area contributed by atoms with E-state index in [0.29, 0.717) is 23.5 Å². The molecule has 0 saturated carbocycles. The molecule has 0 bridgehead atoms. The van der Waals surface area contributed by atoms with Gasteiger partial charge in [0.2, 0.25) is 0 Å². The Labute approximate surface area is 128 Å². The molecule has 1 heterocycles. The summed E-state index contributed by atoms with van der Waals surface area (Å²) in [6.07, 6.45) is 2.86. The summed E-state index contributed by atoms with van der Waals surface area (Å²) in [5.74, 6) is 3.07. The summed E-state index contributed by atoms with van der Waals surface area (Å²) in [7, 11) is 0. The van der Waals surface area contributed by atoms with Gasteiger partial charge in [0.15, 0.2) is 0 Å². The maximum absolute atomic E-state index is 9.62. The van der Waals surface area contributed by atoms with Gasteiger partial charge in [0.05, 0.1) is 13.2 Å². The summed E-state index contributed by atoms with van der Waals surface area (Å²) >= 11 is 5.62. The number of aliphatic hydroxyl groups excluding tert-OH is 1. The topological polar surface area (TPSA) is 46.5 Å². The first-order chi connectivity index (χ1) is 8.97. The van der Waals surface area contributed by atoms with Crippen LogP contribution in [0.5, 0.6) is 0 Å². The molecule has 1 rings (SSSR count). The van der Waals surface area contributed by atoms with Gasteiger partial charge in [-0.25, -0.2) is 0 Å². The van der Waals surface area contributed by atoms with Gasteiger partial charge in [-0.15, -0.1) is 11.8 Å². The zero-order valence-corrected chi connectivity index (χ0v) is 14.4. The van der Waals surface area contributed by atoms with Crippen LogP contribution in [0.2, 0.25) is 0 Å². The van der Waals surface area contributed by atoms with E-state index >= 15 is 0 Å². The molecule has 1 atom stereocenters. The quantitative estimate of drug-likeness (QED) is 0.604. The number of rotatable bonds is 5. The van der Waals surface area contributed by atoms with E-state index in [4.69, 9.17) is 9.84 Å². The Kier molecular flexibility index (Phi) is 18.6. The molecule has 0 amide bonds. The maximum atomic E-state index is 9.62. The van der Waals surface area contributed by atoms with Crippen molar-refractivity contribution in [3.63, 3.8) is 0 Å². The Morgan fingerprint density at radius 3 is 2.16 bits per heavy atom. The minimum atomic E-state index is 0.184. The van der Waals surface area contributed by atoms with Crippen molar-refractivity contribution < 1.29 is 14.6 Å². The Balaban J connectivity index is 0. The number of carbonyl (C=O) groups excluding carboxylic acids is 1. The molecule has 0 spiro atoms. The van der Waals surface area contributed by atoms with E-state index in [1.807, 2.05) is 25.6 Å². The van der Waals surface area contributed by atoms with Gasteiger partial charge >= 0.3 is 0 Å². The number of carbonyl (C=O) groups is 1. The summed E-state index contributed by atoms with van der Waals surface area (Å²) in [4.78, 5) is 9.62. The minimum Gasteiger partial charge on any atom is -0.396 e.